The Morgan fingerprint density at radius 2 is 2.05 bits per heavy atom. The van der Waals surface area contributed by atoms with Crippen molar-refractivity contribution in [1.29, 1.82) is 0 Å². The number of benzene rings is 1. The van der Waals surface area contributed by atoms with Crippen LogP contribution in [-0.4, -0.2) is 30.2 Å². The molecule has 1 heterocycles. The van der Waals surface area contributed by atoms with Crippen LogP contribution in [0.4, 0.5) is 5.69 Å². The van der Waals surface area contributed by atoms with Gasteiger partial charge in [-0.05, 0) is 19.1 Å². The first-order chi connectivity index (χ1) is 9.35. The van der Waals surface area contributed by atoms with Crippen LogP contribution in [-0.2, 0) is 14.7 Å². The van der Waals surface area contributed by atoms with E-state index in [1.807, 2.05) is 30.3 Å². The van der Waals surface area contributed by atoms with Gasteiger partial charge in [0, 0.05) is 17.5 Å². The zero-order chi connectivity index (χ0) is 14.8. The number of hydrogen-bond acceptors (Lipinski definition) is 7. The van der Waals surface area contributed by atoms with E-state index in [2.05, 4.69) is 14.6 Å². The van der Waals surface area contributed by atoms with Gasteiger partial charge in [0.05, 0.1) is 0 Å². The van der Waals surface area contributed by atoms with E-state index in [1.165, 1.54) is 0 Å². The Balaban J connectivity index is 2.14. The van der Waals surface area contributed by atoms with Gasteiger partial charge in [-0.25, -0.2) is 10.1 Å². The molecule has 0 aliphatic carbocycles. The maximum Gasteiger partial charge on any atom is 0.418 e. The molecule has 0 bridgehead atoms. The number of rotatable bonds is 3. The minimum Gasteiger partial charge on any atom is -0.340 e. The standard InChI is InChI=1S/C11H14N4O4S/c1-8-7-10(13-9-5-3-2-4-6-9)14-11(12)15(8)19-20(16,17)18/h2-7,11H,12H2,1H3,(H,13,14)(H,16,17,18). The summed E-state index contributed by atoms with van der Waals surface area (Å²) in [6.45, 7) is 1.58. The van der Waals surface area contributed by atoms with Crippen molar-refractivity contribution in [2.24, 2.45) is 10.7 Å². The van der Waals surface area contributed by atoms with E-state index >= 15 is 0 Å². The summed E-state index contributed by atoms with van der Waals surface area (Å²) in [5.41, 5.74) is 6.87. The fourth-order valence-corrected chi connectivity index (χ4v) is 2.05. The Morgan fingerprint density at radius 1 is 1.40 bits per heavy atom. The van der Waals surface area contributed by atoms with Crippen LogP contribution < -0.4 is 11.1 Å². The first kappa shape index (κ1) is 14.5. The predicted octanol–water partition coefficient (Wildman–Crippen LogP) is 0.693. The number of aliphatic imine (C=N–C) groups is 1. The average Bonchev–Trinajstić information content (AvgIpc) is 2.34. The molecule has 0 radical (unpaired) electrons. The number of nitrogens with one attached hydrogen (secondary N) is 1. The van der Waals surface area contributed by atoms with Crippen LogP contribution in [0.2, 0.25) is 0 Å². The molecule has 1 aromatic rings. The molecule has 1 aliphatic rings. The molecular weight excluding hydrogens is 284 g/mol. The lowest BCUT2D eigenvalue weighted by Gasteiger charge is -2.29. The van der Waals surface area contributed by atoms with Crippen LogP contribution in [0.5, 0.6) is 0 Å². The van der Waals surface area contributed by atoms with Crippen LogP contribution >= 0.6 is 0 Å². The molecule has 108 valence electrons. The molecule has 1 aliphatic heterocycles. The first-order valence-electron chi connectivity index (χ1n) is 5.65. The summed E-state index contributed by atoms with van der Waals surface area (Å²) < 4.78 is 34.4. The van der Waals surface area contributed by atoms with E-state index < -0.39 is 16.7 Å². The summed E-state index contributed by atoms with van der Waals surface area (Å²) in [7, 11) is -4.65. The second-order valence-corrected chi connectivity index (χ2v) is 5.04. The van der Waals surface area contributed by atoms with Crippen molar-refractivity contribution in [2.75, 3.05) is 5.32 Å². The molecule has 0 saturated carbocycles. The maximum atomic E-state index is 10.7. The lowest BCUT2D eigenvalue weighted by atomic mass is 10.3. The summed E-state index contributed by atoms with van der Waals surface area (Å²) in [5, 5.41) is 3.82. The van der Waals surface area contributed by atoms with Crippen molar-refractivity contribution in [1.82, 2.24) is 5.06 Å². The third-order valence-electron chi connectivity index (χ3n) is 2.43. The number of allylic oxidation sites excluding steroid dienone is 1. The van der Waals surface area contributed by atoms with Crippen LogP contribution in [0.1, 0.15) is 6.92 Å². The summed E-state index contributed by atoms with van der Waals surface area (Å²) in [6, 6.07) is 9.28. The third kappa shape index (κ3) is 3.78. The molecule has 0 amide bonds. The summed E-state index contributed by atoms with van der Waals surface area (Å²) in [5.74, 6) is 0.455. The highest BCUT2D eigenvalue weighted by Gasteiger charge is 2.25. The van der Waals surface area contributed by atoms with Gasteiger partial charge in [0.25, 0.3) is 0 Å². The van der Waals surface area contributed by atoms with E-state index in [-0.39, 0.29) is 0 Å². The minimum atomic E-state index is -4.65. The molecule has 0 fully saturated rings. The zero-order valence-corrected chi connectivity index (χ0v) is 11.4. The van der Waals surface area contributed by atoms with Crippen molar-refractivity contribution in [3.63, 3.8) is 0 Å². The van der Waals surface area contributed by atoms with Gasteiger partial charge in [-0.3, -0.25) is 10.3 Å². The Labute approximate surface area is 116 Å². The van der Waals surface area contributed by atoms with Gasteiger partial charge in [-0.1, -0.05) is 18.2 Å². The number of hydroxylamine groups is 2. The minimum absolute atomic E-state index is 0.378. The van der Waals surface area contributed by atoms with E-state index in [9.17, 15) is 8.42 Å². The Kier molecular flexibility index (Phi) is 4.04. The number of hydrogen-bond donors (Lipinski definition) is 3. The largest absolute Gasteiger partial charge is 0.418 e. The molecule has 9 heteroatoms. The van der Waals surface area contributed by atoms with Gasteiger partial charge in [0.2, 0.25) is 6.29 Å². The van der Waals surface area contributed by atoms with Crippen molar-refractivity contribution in [3.05, 3.63) is 42.1 Å². The molecular formula is C11H14N4O4S. The summed E-state index contributed by atoms with van der Waals surface area (Å²) in [6.07, 6.45) is 0.454. The van der Waals surface area contributed by atoms with Crippen molar-refractivity contribution in [2.45, 2.75) is 13.2 Å². The van der Waals surface area contributed by atoms with Crippen LogP contribution in [0.3, 0.4) is 0 Å². The molecule has 4 N–H and O–H groups in total. The normalized spacial score (nSPS) is 19.4. The predicted molar refractivity (Wildman–Crippen MR) is 73.7 cm³/mol. The van der Waals surface area contributed by atoms with E-state index in [0.717, 1.165) is 10.8 Å². The SMILES string of the molecule is CC1=CC(Nc2ccccc2)=NC(N)N1OS(=O)(=O)O. The maximum absolute atomic E-state index is 10.7. The Morgan fingerprint density at radius 3 is 2.60 bits per heavy atom. The molecule has 0 saturated heterocycles. The van der Waals surface area contributed by atoms with Gasteiger partial charge >= 0.3 is 10.4 Å². The van der Waals surface area contributed by atoms with Gasteiger partial charge in [-0.2, -0.15) is 8.42 Å². The van der Waals surface area contributed by atoms with Crippen LogP contribution in [0.15, 0.2) is 47.1 Å². The fourth-order valence-electron chi connectivity index (χ4n) is 1.64. The molecule has 2 rings (SSSR count). The monoisotopic (exact) mass is 298 g/mol. The average molecular weight is 298 g/mol. The highest BCUT2D eigenvalue weighted by Crippen LogP contribution is 2.16. The third-order valence-corrected chi connectivity index (χ3v) is 2.77. The van der Waals surface area contributed by atoms with E-state index in [0.29, 0.717) is 11.5 Å². The lowest BCUT2D eigenvalue weighted by Crippen LogP contribution is -2.44. The van der Waals surface area contributed by atoms with E-state index in [1.54, 1.807) is 13.0 Å². The van der Waals surface area contributed by atoms with Crippen LogP contribution in [0, 0.1) is 0 Å². The molecule has 1 unspecified atom stereocenters. The molecule has 8 nitrogen and oxygen atoms in total. The Bertz CT molecular complexity index is 642. The van der Waals surface area contributed by atoms with Crippen molar-refractivity contribution >= 4 is 21.9 Å². The van der Waals surface area contributed by atoms with Crippen LogP contribution in [0.25, 0.3) is 0 Å². The highest BCUT2D eigenvalue weighted by molar-refractivity contribution is 7.80. The zero-order valence-electron chi connectivity index (χ0n) is 10.6. The second kappa shape index (κ2) is 5.59. The number of amidine groups is 1. The quantitative estimate of drug-likeness (QED) is 0.703. The molecule has 0 aromatic heterocycles. The van der Waals surface area contributed by atoms with Gasteiger partial charge in [-0.15, -0.1) is 4.28 Å². The van der Waals surface area contributed by atoms with Crippen molar-refractivity contribution in [3.8, 4) is 0 Å². The Hall–Kier alpha value is -1.94. The number of nitrogens with two attached hydrogens (primary N) is 1. The summed E-state index contributed by atoms with van der Waals surface area (Å²) >= 11 is 0. The number of para-hydroxylation sites is 1. The van der Waals surface area contributed by atoms with Crippen molar-refractivity contribution < 1.29 is 17.3 Å². The number of anilines is 1. The van der Waals surface area contributed by atoms with E-state index in [4.69, 9.17) is 10.3 Å². The van der Waals surface area contributed by atoms with Gasteiger partial charge in [0.15, 0.2) is 0 Å². The first-order valence-corrected chi connectivity index (χ1v) is 7.02. The van der Waals surface area contributed by atoms with Gasteiger partial charge in [0.1, 0.15) is 5.84 Å². The second-order valence-electron chi connectivity index (χ2n) is 4.03. The molecule has 0 spiro atoms. The summed E-state index contributed by atoms with van der Waals surface area (Å²) in [4.78, 5) is 4.03. The highest BCUT2D eigenvalue weighted by atomic mass is 32.3. The van der Waals surface area contributed by atoms with Gasteiger partial charge < -0.3 is 5.32 Å². The molecule has 1 aromatic carbocycles. The lowest BCUT2D eigenvalue weighted by molar-refractivity contribution is -0.0607. The fraction of sp³-hybridized carbons (Fsp3) is 0.182. The molecule has 20 heavy (non-hydrogen) atoms. The smallest absolute Gasteiger partial charge is 0.340 e. The number of nitrogens with zero attached hydrogens (tertiary/aromatic N) is 2. The topological polar surface area (TPSA) is 117 Å². The molecule has 1 atom stereocenters.